The van der Waals surface area contributed by atoms with E-state index in [0.717, 1.165) is 6.07 Å². The van der Waals surface area contributed by atoms with Gasteiger partial charge in [-0.1, -0.05) is 23.2 Å². The van der Waals surface area contributed by atoms with Gasteiger partial charge in [0.1, 0.15) is 5.82 Å². The van der Waals surface area contributed by atoms with E-state index in [2.05, 4.69) is 10.3 Å². The Morgan fingerprint density at radius 3 is 2.90 bits per heavy atom. The van der Waals surface area contributed by atoms with Crippen molar-refractivity contribution in [1.29, 1.82) is 0 Å². The summed E-state index contributed by atoms with van der Waals surface area (Å²) in [4.78, 5) is 15.4. The lowest BCUT2D eigenvalue weighted by atomic mass is 10.3. The van der Waals surface area contributed by atoms with Gasteiger partial charge in [0.05, 0.1) is 5.69 Å². The van der Waals surface area contributed by atoms with Crippen LogP contribution in [0.25, 0.3) is 0 Å². The van der Waals surface area contributed by atoms with E-state index < -0.39 is 11.7 Å². The molecule has 2 aromatic rings. The highest BCUT2D eigenvalue weighted by Crippen LogP contribution is 2.21. The number of hydrogen-bond acceptors (Lipinski definition) is 3. The van der Waals surface area contributed by atoms with Crippen molar-refractivity contribution < 1.29 is 13.9 Å². The lowest BCUT2D eigenvalue weighted by Gasteiger charge is -2.09. The Balaban J connectivity index is 1.96. The maximum Gasteiger partial charge on any atom is 0.262 e. The smallest absolute Gasteiger partial charge is 0.262 e. The first-order valence-electron chi connectivity index (χ1n) is 5.54. The molecule has 7 heteroatoms. The molecule has 1 N–H and O–H groups in total. The Labute approximate surface area is 124 Å². The summed E-state index contributed by atoms with van der Waals surface area (Å²) < 4.78 is 18.6. The SMILES string of the molecule is O=C(COc1cccnc1Cl)Nc1cc(Cl)ccc1F. The lowest BCUT2D eigenvalue weighted by molar-refractivity contribution is -0.118. The molecule has 4 nitrogen and oxygen atoms in total. The van der Waals surface area contributed by atoms with Crippen LogP contribution in [0.3, 0.4) is 0 Å². The number of rotatable bonds is 4. The molecule has 0 aliphatic heterocycles. The van der Waals surface area contributed by atoms with Gasteiger partial charge in [0.15, 0.2) is 17.5 Å². The van der Waals surface area contributed by atoms with E-state index in [9.17, 15) is 9.18 Å². The van der Waals surface area contributed by atoms with Crippen molar-refractivity contribution in [3.05, 3.63) is 52.5 Å². The number of carbonyl (C=O) groups is 1. The minimum absolute atomic E-state index is 0.0108. The molecule has 1 heterocycles. The van der Waals surface area contributed by atoms with Crippen LogP contribution in [-0.4, -0.2) is 17.5 Å². The first kappa shape index (κ1) is 14.6. The number of nitrogens with zero attached hydrogens (tertiary/aromatic N) is 1. The van der Waals surface area contributed by atoms with Crippen molar-refractivity contribution in [2.24, 2.45) is 0 Å². The summed E-state index contributed by atoms with van der Waals surface area (Å²) in [6.45, 7) is -0.322. The minimum atomic E-state index is -0.581. The molecule has 104 valence electrons. The van der Waals surface area contributed by atoms with Crippen molar-refractivity contribution in [1.82, 2.24) is 4.98 Å². The van der Waals surface area contributed by atoms with E-state index in [0.29, 0.717) is 5.02 Å². The first-order valence-corrected chi connectivity index (χ1v) is 6.30. The molecule has 0 unspecified atom stereocenters. The topological polar surface area (TPSA) is 51.2 Å². The van der Waals surface area contributed by atoms with E-state index >= 15 is 0 Å². The molecule has 0 aliphatic rings. The van der Waals surface area contributed by atoms with Crippen molar-refractivity contribution >= 4 is 34.8 Å². The highest BCUT2D eigenvalue weighted by atomic mass is 35.5. The number of halogens is 3. The van der Waals surface area contributed by atoms with Crippen LogP contribution in [0.15, 0.2) is 36.5 Å². The van der Waals surface area contributed by atoms with Gasteiger partial charge in [0.2, 0.25) is 0 Å². The van der Waals surface area contributed by atoms with E-state index in [1.165, 1.54) is 18.3 Å². The van der Waals surface area contributed by atoms with Gasteiger partial charge >= 0.3 is 0 Å². The van der Waals surface area contributed by atoms with Crippen LogP contribution in [0.5, 0.6) is 5.75 Å². The van der Waals surface area contributed by atoms with Gasteiger partial charge < -0.3 is 10.1 Å². The second-order valence-corrected chi connectivity index (χ2v) is 4.55. The lowest BCUT2D eigenvalue weighted by Crippen LogP contribution is -2.21. The average molecular weight is 315 g/mol. The van der Waals surface area contributed by atoms with Crippen LogP contribution >= 0.6 is 23.2 Å². The summed E-state index contributed by atoms with van der Waals surface area (Å²) >= 11 is 11.5. The maximum absolute atomic E-state index is 13.4. The standard InChI is InChI=1S/C13H9Cl2FN2O2/c14-8-3-4-9(16)10(6-8)18-12(19)7-20-11-2-1-5-17-13(11)15/h1-6H,7H2,(H,18,19). The molecule has 0 bridgehead atoms. The number of hydrogen-bond donors (Lipinski definition) is 1. The normalized spacial score (nSPS) is 10.2. The molecule has 20 heavy (non-hydrogen) atoms. The Morgan fingerprint density at radius 2 is 2.15 bits per heavy atom. The molecular weight excluding hydrogens is 306 g/mol. The molecule has 0 spiro atoms. The van der Waals surface area contributed by atoms with Crippen LogP contribution in [0.1, 0.15) is 0 Å². The number of anilines is 1. The Bertz CT molecular complexity index is 638. The Hall–Kier alpha value is -1.85. The number of benzene rings is 1. The summed E-state index contributed by atoms with van der Waals surface area (Å²) in [6, 6.07) is 7.05. The fourth-order valence-corrected chi connectivity index (χ4v) is 1.75. The monoisotopic (exact) mass is 314 g/mol. The van der Waals surface area contributed by atoms with E-state index in [1.807, 2.05) is 0 Å². The van der Waals surface area contributed by atoms with Crippen LogP contribution in [-0.2, 0) is 4.79 Å². The molecule has 0 saturated heterocycles. The predicted molar refractivity (Wildman–Crippen MR) is 74.8 cm³/mol. The number of nitrogens with one attached hydrogen (secondary N) is 1. The van der Waals surface area contributed by atoms with Gasteiger partial charge in [-0.25, -0.2) is 9.37 Å². The molecule has 2 rings (SSSR count). The van der Waals surface area contributed by atoms with E-state index in [-0.39, 0.29) is 23.2 Å². The van der Waals surface area contributed by atoms with Gasteiger partial charge in [-0.05, 0) is 30.3 Å². The maximum atomic E-state index is 13.4. The number of amides is 1. The summed E-state index contributed by atoms with van der Waals surface area (Å²) in [7, 11) is 0. The highest BCUT2D eigenvalue weighted by molar-refractivity contribution is 6.31. The second kappa shape index (κ2) is 6.54. The summed E-state index contributed by atoms with van der Waals surface area (Å²) in [5.74, 6) is -0.843. The van der Waals surface area contributed by atoms with Gasteiger partial charge in [-0.15, -0.1) is 0 Å². The number of carbonyl (C=O) groups excluding carboxylic acids is 1. The van der Waals surface area contributed by atoms with Crippen molar-refractivity contribution in [3.8, 4) is 5.75 Å². The molecule has 1 aromatic carbocycles. The molecule has 1 aromatic heterocycles. The molecule has 0 atom stereocenters. The largest absolute Gasteiger partial charge is 0.481 e. The van der Waals surface area contributed by atoms with Crippen LogP contribution in [0.2, 0.25) is 10.2 Å². The third kappa shape index (κ3) is 3.82. The quantitative estimate of drug-likeness (QED) is 0.878. The van der Waals surface area contributed by atoms with Crippen molar-refractivity contribution in [2.45, 2.75) is 0 Å². The van der Waals surface area contributed by atoms with Crippen molar-refractivity contribution in [2.75, 3.05) is 11.9 Å². The summed E-state index contributed by atoms with van der Waals surface area (Å²) in [5.41, 5.74) is -0.0108. The van der Waals surface area contributed by atoms with Gasteiger partial charge in [-0.2, -0.15) is 0 Å². The number of pyridine rings is 1. The highest BCUT2D eigenvalue weighted by Gasteiger charge is 2.09. The Morgan fingerprint density at radius 1 is 1.35 bits per heavy atom. The zero-order valence-electron chi connectivity index (χ0n) is 10.1. The molecule has 0 saturated carbocycles. The van der Waals surface area contributed by atoms with Gasteiger partial charge in [-0.3, -0.25) is 4.79 Å². The first-order chi connectivity index (χ1) is 9.56. The van der Waals surface area contributed by atoms with E-state index in [4.69, 9.17) is 27.9 Å². The minimum Gasteiger partial charge on any atom is -0.481 e. The third-order valence-electron chi connectivity index (χ3n) is 2.29. The zero-order valence-corrected chi connectivity index (χ0v) is 11.6. The second-order valence-electron chi connectivity index (χ2n) is 3.75. The predicted octanol–water partition coefficient (Wildman–Crippen LogP) is 3.55. The molecular formula is C13H9Cl2FN2O2. The molecule has 0 radical (unpaired) electrons. The van der Waals surface area contributed by atoms with E-state index in [1.54, 1.807) is 12.1 Å². The fraction of sp³-hybridized carbons (Fsp3) is 0.0769. The zero-order chi connectivity index (χ0) is 14.5. The summed E-state index contributed by atoms with van der Waals surface area (Å²) in [6.07, 6.45) is 1.50. The fourth-order valence-electron chi connectivity index (χ4n) is 1.40. The number of ether oxygens (including phenoxy) is 1. The molecule has 0 aliphatic carbocycles. The Kier molecular flexibility index (Phi) is 4.76. The molecule has 0 fully saturated rings. The van der Waals surface area contributed by atoms with Crippen LogP contribution in [0.4, 0.5) is 10.1 Å². The summed E-state index contributed by atoms with van der Waals surface area (Å²) in [5, 5.41) is 2.82. The van der Waals surface area contributed by atoms with Crippen LogP contribution in [0, 0.1) is 5.82 Å². The van der Waals surface area contributed by atoms with Gasteiger partial charge in [0, 0.05) is 11.2 Å². The third-order valence-corrected chi connectivity index (χ3v) is 2.81. The average Bonchev–Trinajstić information content (AvgIpc) is 2.42. The molecule has 1 amide bonds. The van der Waals surface area contributed by atoms with Gasteiger partial charge in [0.25, 0.3) is 5.91 Å². The number of aromatic nitrogens is 1. The van der Waals surface area contributed by atoms with Crippen molar-refractivity contribution in [3.63, 3.8) is 0 Å². The van der Waals surface area contributed by atoms with Crippen LogP contribution < -0.4 is 10.1 Å².